The Balaban J connectivity index is 2.78. The number of amides is 1. The minimum absolute atomic E-state index is 0.0255. The van der Waals surface area contributed by atoms with E-state index >= 15 is 0 Å². The molecular weight excluding hydrogens is 309 g/mol. The van der Waals surface area contributed by atoms with E-state index in [-0.39, 0.29) is 17.6 Å². The number of hydrogen-bond donors (Lipinski definition) is 1. The third-order valence-corrected chi connectivity index (χ3v) is 3.90. The van der Waals surface area contributed by atoms with Gasteiger partial charge in [0.15, 0.2) is 0 Å². The van der Waals surface area contributed by atoms with Crippen molar-refractivity contribution < 1.29 is 9.18 Å². The van der Waals surface area contributed by atoms with Crippen LogP contribution in [-0.4, -0.2) is 5.91 Å². The molecule has 19 heavy (non-hydrogen) atoms. The average molecular weight is 330 g/mol. The second kappa shape index (κ2) is 7.63. The van der Waals surface area contributed by atoms with Crippen LogP contribution >= 0.6 is 15.9 Å². The Morgan fingerprint density at radius 3 is 2.68 bits per heavy atom. The molecule has 0 aliphatic rings. The number of halogens is 2. The van der Waals surface area contributed by atoms with Gasteiger partial charge in [-0.25, -0.2) is 4.39 Å². The number of carbonyl (C=O) groups excluding carboxylic acids is 1. The molecule has 106 valence electrons. The summed E-state index contributed by atoms with van der Waals surface area (Å²) in [7, 11) is 0. The van der Waals surface area contributed by atoms with E-state index < -0.39 is 0 Å². The van der Waals surface area contributed by atoms with Gasteiger partial charge in [-0.15, -0.1) is 0 Å². The molecule has 0 spiro atoms. The molecule has 0 fully saturated rings. The van der Waals surface area contributed by atoms with Crippen molar-refractivity contribution >= 4 is 27.5 Å². The zero-order valence-corrected chi connectivity index (χ0v) is 13.3. The molecule has 1 N–H and O–H groups in total. The van der Waals surface area contributed by atoms with Crippen molar-refractivity contribution in [2.45, 2.75) is 46.5 Å². The van der Waals surface area contributed by atoms with Crippen molar-refractivity contribution in [1.29, 1.82) is 0 Å². The smallest absolute Gasteiger partial charge is 0.227 e. The lowest BCUT2D eigenvalue weighted by Gasteiger charge is -2.16. The van der Waals surface area contributed by atoms with Crippen LogP contribution in [0.25, 0.3) is 0 Å². The summed E-state index contributed by atoms with van der Waals surface area (Å²) in [5.74, 6) is -0.255. The van der Waals surface area contributed by atoms with Crippen LogP contribution in [0.15, 0.2) is 16.6 Å². The maximum atomic E-state index is 13.3. The predicted octanol–water partition coefficient (Wildman–Crippen LogP) is 5.05. The Morgan fingerprint density at radius 1 is 1.42 bits per heavy atom. The topological polar surface area (TPSA) is 29.1 Å². The molecule has 0 heterocycles. The van der Waals surface area contributed by atoms with Gasteiger partial charge >= 0.3 is 0 Å². The third kappa shape index (κ3) is 4.60. The van der Waals surface area contributed by atoms with Crippen LogP contribution in [0.3, 0.4) is 0 Å². The third-order valence-electron chi connectivity index (χ3n) is 3.29. The molecule has 0 bridgehead atoms. The van der Waals surface area contributed by atoms with Crippen LogP contribution < -0.4 is 5.32 Å². The molecule has 0 radical (unpaired) electrons. The number of carbonyl (C=O) groups is 1. The molecule has 1 unspecified atom stereocenters. The summed E-state index contributed by atoms with van der Waals surface area (Å²) in [6.07, 6.45) is 3.87. The van der Waals surface area contributed by atoms with Crippen LogP contribution in [0.1, 0.15) is 45.1 Å². The van der Waals surface area contributed by atoms with Gasteiger partial charge in [0, 0.05) is 11.6 Å². The Kier molecular flexibility index (Phi) is 6.49. The Labute approximate surface area is 122 Å². The van der Waals surface area contributed by atoms with Crippen molar-refractivity contribution in [1.82, 2.24) is 0 Å². The number of nitrogens with one attached hydrogen (secondary N) is 1. The first-order valence-corrected chi connectivity index (χ1v) is 7.55. The molecule has 0 aromatic heterocycles. The van der Waals surface area contributed by atoms with Gasteiger partial charge in [-0.1, -0.05) is 26.7 Å². The lowest BCUT2D eigenvalue weighted by molar-refractivity contribution is -0.120. The zero-order valence-electron chi connectivity index (χ0n) is 11.7. The van der Waals surface area contributed by atoms with Crippen molar-refractivity contribution in [2.24, 2.45) is 5.92 Å². The van der Waals surface area contributed by atoms with E-state index in [4.69, 9.17) is 0 Å². The normalized spacial score (nSPS) is 12.3. The molecule has 1 aromatic rings. The molecule has 1 aromatic carbocycles. The number of benzene rings is 1. The molecular formula is C15H21BrFNO. The van der Waals surface area contributed by atoms with Crippen LogP contribution in [0.5, 0.6) is 0 Å². The number of rotatable bonds is 6. The van der Waals surface area contributed by atoms with Gasteiger partial charge in [-0.05, 0) is 53.4 Å². The average Bonchev–Trinajstić information content (AvgIpc) is 2.37. The number of unbranched alkanes of at least 4 members (excludes halogenated alkanes) is 1. The lowest BCUT2D eigenvalue weighted by Crippen LogP contribution is -2.22. The summed E-state index contributed by atoms with van der Waals surface area (Å²) < 4.78 is 13.7. The molecule has 0 saturated heterocycles. The Bertz CT molecular complexity index is 448. The SMILES string of the molecule is CCCCC(CC)C(=O)Nc1cc(Br)c(F)cc1C. The van der Waals surface area contributed by atoms with Crippen LogP contribution in [0.2, 0.25) is 0 Å². The molecule has 2 nitrogen and oxygen atoms in total. The minimum atomic E-state index is -0.312. The number of hydrogen-bond acceptors (Lipinski definition) is 1. The van der Waals surface area contributed by atoms with E-state index in [0.29, 0.717) is 10.2 Å². The van der Waals surface area contributed by atoms with E-state index in [1.807, 2.05) is 6.92 Å². The summed E-state index contributed by atoms with van der Waals surface area (Å²) in [5.41, 5.74) is 1.41. The van der Waals surface area contributed by atoms with Crippen molar-refractivity contribution in [3.63, 3.8) is 0 Å². The largest absolute Gasteiger partial charge is 0.326 e. The molecule has 1 atom stereocenters. The van der Waals surface area contributed by atoms with Crippen molar-refractivity contribution in [2.75, 3.05) is 5.32 Å². The summed E-state index contributed by atoms with van der Waals surface area (Å²) in [5, 5.41) is 2.90. The van der Waals surface area contributed by atoms with Gasteiger partial charge in [-0.3, -0.25) is 4.79 Å². The maximum absolute atomic E-state index is 13.3. The fraction of sp³-hybridized carbons (Fsp3) is 0.533. The van der Waals surface area contributed by atoms with E-state index in [1.54, 1.807) is 13.0 Å². The molecule has 4 heteroatoms. The van der Waals surface area contributed by atoms with Gasteiger partial charge < -0.3 is 5.32 Å². The van der Waals surface area contributed by atoms with Crippen molar-refractivity contribution in [3.05, 3.63) is 28.0 Å². The molecule has 1 amide bonds. The van der Waals surface area contributed by atoms with E-state index in [0.717, 1.165) is 31.2 Å². The van der Waals surface area contributed by atoms with E-state index in [9.17, 15) is 9.18 Å². The Hall–Kier alpha value is -0.900. The first kappa shape index (κ1) is 16.2. The predicted molar refractivity (Wildman–Crippen MR) is 80.8 cm³/mol. The first-order valence-electron chi connectivity index (χ1n) is 6.76. The van der Waals surface area contributed by atoms with Gasteiger partial charge in [0.2, 0.25) is 5.91 Å². The zero-order chi connectivity index (χ0) is 14.4. The number of anilines is 1. The summed E-state index contributed by atoms with van der Waals surface area (Å²) in [6, 6.07) is 3.04. The highest BCUT2D eigenvalue weighted by atomic mass is 79.9. The van der Waals surface area contributed by atoms with Gasteiger partial charge in [-0.2, -0.15) is 0 Å². The monoisotopic (exact) mass is 329 g/mol. The fourth-order valence-electron chi connectivity index (χ4n) is 1.99. The lowest BCUT2D eigenvalue weighted by atomic mass is 9.98. The number of aryl methyl sites for hydroxylation is 1. The van der Waals surface area contributed by atoms with Gasteiger partial charge in [0.1, 0.15) is 5.82 Å². The summed E-state index contributed by atoms with van der Waals surface area (Å²) >= 11 is 3.14. The molecule has 0 aliphatic heterocycles. The second-order valence-electron chi connectivity index (χ2n) is 4.82. The minimum Gasteiger partial charge on any atom is -0.326 e. The maximum Gasteiger partial charge on any atom is 0.227 e. The highest BCUT2D eigenvalue weighted by molar-refractivity contribution is 9.10. The molecule has 1 rings (SSSR count). The van der Waals surface area contributed by atoms with Gasteiger partial charge in [0.05, 0.1) is 4.47 Å². The van der Waals surface area contributed by atoms with Crippen LogP contribution in [0.4, 0.5) is 10.1 Å². The molecule has 0 aliphatic carbocycles. The van der Waals surface area contributed by atoms with Gasteiger partial charge in [0.25, 0.3) is 0 Å². The second-order valence-corrected chi connectivity index (χ2v) is 5.67. The van der Waals surface area contributed by atoms with Crippen molar-refractivity contribution in [3.8, 4) is 0 Å². The summed E-state index contributed by atoms with van der Waals surface area (Å²) in [6.45, 7) is 5.93. The van der Waals surface area contributed by atoms with Crippen LogP contribution in [0, 0.1) is 18.7 Å². The van der Waals surface area contributed by atoms with E-state index in [2.05, 4.69) is 28.2 Å². The fourth-order valence-corrected chi connectivity index (χ4v) is 2.33. The molecule has 0 saturated carbocycles. The highest BCUT2D eigenvalue weighted by Gasteiger charge is 2.17. The van der Waals surface area contributed by atoms with Crippen LogP contribution in [-0.2, 0) is 4.79 Å². The van der Waals surface area contributed by atoms with E-state index in [1.165, 1.54) is 6.07 Å². The summed E-state index contributed by atoms with van der Waals surface area (Å²) in [4.78, 5) is 12.2. The quantitative estimate of drug-likeness (QED) is 0.777. The first-order chi connectivity index (χ1) is 8.99. The standard InChI is InChI=1S/C15H21BrFNO/c1-4-6-7-11(5-2)15(19)18-14-9-12(16)13(17)8-10(14)3/h8-9,11H,4-7H2,1-3H3,(H,18,19). The highest BCUT2D eigenvalue weighted by Crippen LogP contribution is 2.25. The Morgan fingerprint density at radius 2 is 2.11 bits per heavy atom.